The Morgan fingerprint density at radius 1 is 1.15 bits per heavy atom. The van der Waals surface area contributed by atoms with Crippen molar-refractivity contribution in [3.8, 4) is 0 Å². The van der Waals surface area contributed by atoms with E-state index in [0.29, 0.717) is 11.9 Å². The molecule has 0 aromatic carbocycles. The van der Waals surface area contributed by atoms with Gasteiger partial charge in [0.2, 0.25) is 5.91 Å². The molecule has 1 aromatic heterocycles. The van der Waals surface area contributed by atoms with Gasteiger partial charge in [-0.2, -0.15) is 0 Å². The normalized spacial score (nSPS) is 23.6. The number of likely N-dealkylation sites (tertiary alicyclic amines) is 2. The van der Waals surface area contributed by atoms with E-state index < -0.39 is 0 Å². The minimum atomic E-state index is 0.0132. The van der Waals surface area contributed by atoms with Gasteiger partial charge in [-0.3, -0.25) is 4.79 Å². The standard InChI is InChI=1S/C21H36N4O/c1-3-20-22-11-15-24(20)16-18(2)21(26)25-14-9-6-10-19(25)17-23-12-7-4-5-8-13-23/h11,15,18-19H,3-10,12-14,16-17H2,1-2H3/t18-,19+/m1/s1. The van der Waals surface area contributed by atoms with E-state index in [-0.39, 0.29) is 5.92 Å². The van der Waals surface area contributed by atoms with Gasteiger partial charge in [-0.05, 0) is 45.2 Å². The van der Waals surface area contributed by atoms with Gasteiger partial charge in [-0.1, -0.05) is 26.7 Å². The number of imidazole rings is 1. The van der Waals surface area contributed by atoms with Crippen LogP contribution in [-0.2, 0) is 17.8 Å². The van der Waals surface area contributed by atoms with Crippen LogP contribution in [0.2, 0.25) is 0 Å². The summed E-state index contributed by atoms with van der Waals surface area (Å²) in [5, 5.41) is 0. The number of carbonyl (C=O) groups excluding carboxylic acids is 1. The summed E-state index contributed by atoms with van der Waals surface area (Å²) in [4.78, 5) is 22.4. The molecule has 26 heavy (non-hydrogen) atoms. The minimum absolute atomic E-state index is 0.0132. The van der Waals surface area contributed by atoms with Gasteiger partial charge in [0.15, 0.2) is 0 Å². The molecule has 0 radical (unpaired) electrons. The summed E-state index contributed by atoms with van der Waals surface area (Å²) in [5.41, 5.74) is 0. The van der Waals surface area contributed by atoms with Crippen molar-refractivity contribution in [3.63, 3.8) is 0 Å². The van der Waals surface area contributed by atoms with Gasteiger partial charge in [0.25, 0.3) is 0 Å². The van der Waals surface area contributed by atoms with Gasteiger partial charge in [0.05, 0.1) is 5.92 Å². The molecular weight excluding hydrogens is 324 g/mol. The van der Waals surface area contributed by atoms with Crippen LogP contribution in [0.15, 0.2) is 12.4 Å². The van der Waals surface area contributed by atoms with E-state index in [2.05, 4.69) is 33.2 Å². The lowest BCUT2D eigenvalue weighted by molar-refractivity contribution is -0.139. The molecule has 0 N–H and O–H groups in total. The summed E-state index contributed by atoms with van der Waals surface area (Å²) in [6, 6.07) is 0.408. The van der Waals surface area contributed by atoms with Crippen LogP contribution in [0.25, 0.3) is 0 Å². The molecule has 0 unspecified atom stereocenters. The second-order valence-electron chi connectivity index (χ2n) is 8.15. The van der Waals surface area contributed by atoms with Crippen LogP contribution < -0.4 is 0 Å². The predicted octanol–water partition coefficient (Wildman–Crippen LogP) is 3.34. The number of amides is 1. The predicted molar refractivity (Wildman–Crippen MR) is 105 cm³/mol. The average molecular weight is 361 g/mol. The Morgan fingerprint density at radius 3 is 2.62 bits per heavy atom. The lowest BCUT2D eigenvalue weighted by atomic mass is 9.98. The van der Waals surface area contributed by atoms with Gasteiger partial charge < -0.3 is 14.4 Å². The van der Waals surface area contributed by atoms with Crippen molar-refractivity contribution in [2.45, 2.75) is 77.8 Å². The van der Waals surface area contributed by atoms with E-state index >= 15 is 0 Å². The van der Waals surface area contributed by atoms with E-state index in [0.717, 1.165) is 38.3 Å². The Labute approximate surface area is 158 Å². The zero-order valence-electron chi connectivity index (χ0n) is 16.7. The number of nitrogens with zero attached hydrogens (tertiary/aromatic N) is 4. The molecule has 5 heteroatoms. The zero-order valence-corrected chi connectivity index (χ0v) is 16.7. The van der Waals surface area contributed by atoms with Crippen molar-refractivity contribution in [2.24, 2.45) is 5.92 Å². The Bertz CT molecular complexity index is 562. The molecule has 3 rings (SSSR count). The molecule has 146 valence electrons. The maximum atomic E-state index is 13.2. The molecule has 0 bridgehead atoms. The molecule has 2 aliphatic rings. The highest BCUT2D eigenvalue weighted by atomic mass is 16.2. The molecular formula is C21H36N4O. The van der Waals surface area contributed by atoms with E-state index in [9.17, 15) is 4.79 Å². The first-order chi connectivity index (χ1) is 12.7. The first-order valence-corrected chi connectivity index (χ1v) is 10.7. The highest BCUT2D eigenvalue weighted by Crippen LogP contribution is 2.22. The van der Waals surface area contributed by atoms with Crippen LogP contribution in [0.1, 0.15) is 64.6 Å². The molecule has 2 atom stereocenters. The van der Waals surface area contributed by atoms with Crippen LogP contribution in [0, 0.1) is 5.92 Å². The molecule has 2 aliphatic heterocycles. The Kier molecular flexibility index (Phi) is 7.12. The second-order valence-corrected chi connectivity index (χ2v) is 8.15. The topological polar surface area (TPSA) is 41.4 Å². The first-order valence-electron chi connectivity index (χ1n) is 10.7. The smallest absolute Gasteiger partial charge is 0.227 e. The third-order valence-corrected chi connectivity index (χ3v) is 6.09. The van der Waals surface area contributed by atoms with Crippen molar-refractivity contribution in [1.29, 1.82) is 0 Å². The number of hydrogen-bond donors (Lipinski definition) is 0. The quantitative estimate of drug-likeness (QED) is 0.781. The zero-order chi connectivity index (χ0) is 18.4. The molecule has 0 saturated carbocycles. The molecule has 5 nitrogen and oxygen atoms in total. The van der Waals surface area contributed by atoms with Crippen molar-refractivity contribution in [1.82, 2.24) is 19.4 Å². The van der Waals surface area contributed by atoms with E-state index in [4.69, 9.17) is 0 Å². The molecule has 0 aliphatic carbocycles. The summed E-state index contributed by atoms with van der Waals surface area (Å²) in [6.45, 7) is 9.38. The Balaban J connectivity index is 1.61. The maximum Gasteiger partial charge on any atom is 0.227 e. The van der Waals surface area contributed by atoms with E-state index in [1.54, 1.807) is 0 Å². The number of rotatable bonds is 6. The fourth-order valence-electron chi connectivity index (χ4n) is 4.57. The number of hydrogen-bond acceptors (Lipinski definition) is 3. The summed E-state index contributed by atoms with van der Waals surface area (Å²) >= 11 is 0. The highest BCUT2D eigenvalue weighted by Gasteiger charge is 2.31. The average Bonchev–Trinajstić information content (AvgIpc) is 2.95. The van der Waals surface area contributed by atoms with Crippen LogP contribution in [0.3, 0.4) is 0 Å². The molecule has 1 amide bonds. The number of aryl methyl sites for hydroxylation is 1. The lowest BCUT2D eigenvalue weighted by Crippen LogP contribution is -2.51. The fourth-order valence-corrected chi connectivity index (χ4v) is 4.57. The maximum absolute atomic E-state index is 13.2. The monoisotopic (exact) mass is 360 g/mol. The van der Waals surface area contributed by atoms with Crippen LogP contribution in [0.4, 0.5) is 0 Å². The van der Waals surface area contributed by atoms with Gasteiger partial charge in [0.1, 0.15) is 5.82 Å². The highest BCUT2D eigenvalue weighted by molar-refractivity contribution is 5.79. The van der Waals surface area contributed by atoms with E-state index in [1.165, 1.54) is 51.6 Å². The summed E-state index contributed by atoms with van der Waals surface area (Å²) in [6.07, 6.45) is 13.7. The van der Waals surface area contributed by atoms with Crippen LogP contribution in [-0.4, -0.2) is 57.5 Å². The molecule has 0 spiro atoms. The molecule has 2 fully saturated rings. The largest absolute Gasteiger partial charge is 0.338 e. The lowest BCUT2D eigenvalue weighted by Gasteiger charge is -2.40. The molecule has 2 saturated heterocycles. The van der Waals surface area contributed by atoms with Crippen LogP contribution >= 0.6 is 0 Å². The number of piperidine rings is 1. The van der Waals surface area contributed by atoms with Gasteiger partial charge >= 0.3 is 0 Å². The first kappa shape index (κ1) is 19.4. The minimum Gasteiger partial charge on any atom is -0.338 e. The summed E-state index contributed by atoms with van der Waals surface area (Å²) < 4.78 is 2.15. The van der Waals surface area contributed by atoms with Crippen LogP contribution in [0.5, 0.6) is 0 Å². The van der Waals surface area contributed by atoms with E-state index in [1.807, 2.05) is 12.4 Å². The Morgan fingerprint density at radius 2 is 1.88 bits per heavy atom. The SMILES string of the molecule is CCc1nccn1C[C@@H](C)C(=O)N1CCCC[C@H]1CN1CCCCCC1. The van der Waals surface area contributed by atoms with Gasteiger partial charge in [-0.15, -0.1) is 0 Å². The summed E-state index contributed by atoms with van der Waals surface area (Å²) in [5.74, 6) is 1.42. The van der Waals surface area contributed by atoms with Gasteiger partial charge in [-0.25, -0.2) is 4.98 Å². The Hall–Kier alpha value is -1.36. The third-order valence-electron chi connectivity index (χ3n) is 6.09. The van der Waals surface area contributed by atoms with Crippen molar-refractivity contribution >= 4 is 5.91 Å². The second kappa shape index (κ2) is 9.54. The molecule has 1 aromatic rings. The van der Waals surface area contributed by atoms with Crippen molar-refractivity contribution < 1.29 is 4.79 Å². The molecule has 3 heterocycles. The number of carbonyl (C=O) groups is 1. The van der Waals surface area contributed by atoms with Gasteiger partial charge in [0, 0.05) is 44.5 Å². The fraction of sp³-hybridized carbons (Fsp3) is 0.810. The summed E-state index contributed by atoms with van der Waals surface area (Å²) in [7, 11) is 0. The third kappa shape index (κ3) is 4.87. The van der Waals surface area contributed by atoms with Crippen molar-refractivity contribution in [2.75, 3.05) is 26.2 Å². The van der Waals surface area contributed by atoms with Crippen molar-refractivity contribution in [3.05, 3.63) is 18.2 Å². The number of aromatic nitrogens is 2.